The lowest BCUT2D eigenvalue weighted by Crippen LogP contribution is -2.40. The molecule has 122 valence electrons. The van der Waals surface area contributed by atoms with E-state index in [-0.39, 0.29) is 17.7 Å². The first-order valence-electron chi connectivity index (χ1n) is 7.56. The summed E-state index contributed by atoms with van der Waals surface area (Å²) in [6.07, 6.45) is 0.992. The van der Waals surface area contributed by atoms with Crippen molar-refractivity contribution in [2.24, 2.45) is 11.7 Å². The number of nitrogens with zero attached hydrogens (tertiary/aromatic N) is 3. The molecule has 0 radical (unpaired) electrons. The normalized spacial score (nSPS) is 20.0. The van der Waals surface area contributed by atoms with Crippen molar-refractivity contribution in [2.75, 3.05) is 33.2 Å². The molecule has 1 saturated heterocycles. The van der Waals surface area contributed by atoms with Crippen molar-refractivity contribution in [1.82, 2.24) is 15.0 Å². The summed E-state index contributed by atoms with van der Waals surface area (Å²) in [5.74, 6) is 0.144. The van der Waals surface area contributed by atoms with Crippen LogP contribution < -0.4 is 5.73 Å². The number of hydrogen-bond donors (Lipinski definition) is 1. The molecule has 2 heterocycles. The van der Waals surface area contributed by atoms with E-state index in [1.54, 1.807) is 4.90 Å². The quantitative estimate of drug-likeness (QED) is 0.851. The number of nitrogens with two attached hydrogens (primary N) is 1. The maximum atomic E-state index is 12.4. The Morgan fingerprint density at radius 1 is 1.32 bits per heavy atom. The molecule has 7 nitrogen and oxygen atoms in total. The van der Waals surface area contributed by atoms with Crippen LogP contribution in [0.25, 0.3) is 0 Å². The maximum absolute atomic E-state index is 12.4. The van der Waals surface area contributed by atoms with Gasteiger partial charge in [0.2, 0.25) is 11.8 Å². The molecule has 0 bridgehead atoms. The number of primary amides is 1. The Hall–Kier alpha value is -1.89. The van der Waals surface area contributed by atoms with Gasteiger partial charge in [-0.05, 0) is 27.3 Å². The van der Waals surface area contributed by atoms with Crippen molar-refractivity contribution in [3.8, 4) is 0 Å². The fourth-order valence-corrected chi connectivity index (χ4v) is 2.83. The third-order valence-electron chi connectivity index (χ3n) is 4.25. The molecule has 1 aliphatic rings. The second-order valence-electron chi connectivity index (χ2n) is 6.00. The van der Waals surface area contributed by atoms with E-state index in [0.29, 0.717) is 32.5 Å². The SMILES string of the molecule is Cc1noc(C)c1CCC(=O)N1CCN(C)CC(C(N)=O)C1. The van der Waals surface area contributed by atoms with Crippen LogP contribution in [0.15, 0.2) is 4.52 Å². The van der Waals surface area contributed by atoms with Crippen molar-refractivity contribution in [1.29, 1.82) is 0 Å². The van der Waals surface area contributed by atoms with Gasteiger partial charge in [0.1, 0.15) is 5.76 Å². The molecule has 22 heavy (non-hydrogen) atoms. The predicted octanol–water partition coefficient (Wildman–Crippen LogP) is 0.0995. The molecule has 1 atom stereocenters. The summed E-state index contributed by atoms with van der Waals surface area (Å²) in [6.45, 7) is 6.11. The molecule has 1 aromatic heterocycles. The Labute approximate surface area is 130 Å². The van der Waals surface area contributed by atoms with Crippen LogP contribution in [0, 0.1) is 19.8 Å². The Balaban J connectivity index is 1.97. The van der Waals surface area contributed by atoms with Gasteiger partial charge in [0.05, 0.1) is 11.6 Å². The van der Waals surface area contributed by atoms with E-state index in [0.717, 1.165) is 23.6 Å². The lowest BCUT2D eigenvalue weighted by Gasteiger charge is -2.22. The molecule has 0 aromatic carbocycles. The van der Waals surface area contributed by atoms with Crippen LogP contribution >= 0.6 is 0 Å². The van der Waals surface area contributed by atoms with Gasteiger partial charge in [0, 0.05) is 38.2 Å². The molecular formula is C15H24N4O3. The molecule has 7 heteroatoms. The summed E-state index contributed by atoms with van der Waals surface area (Å²) in [6, 6.07) is 0. The van der Waals surface area contributed by atoms with Crippen LogP contribution in [0.3, 0.4) is 0 Å². The van der Waals surface area contributed by atoms with Crippen molar-refractivity contribution >= 4 is 11.8 Å². The zero-order valence-electron chi connectivity index (χ0n) is 13.5. The summed E-state index contributed by atoms with van der Waals surface area (Å²) >= 11 is 0. The van der Waals surface area contributed by atoms with Gasteiger partial charge in [-0.15, -0.1) is 0 Å². The summed E-state index contributed by atoms with van der Waals surface area (Å²) < 4.78 is 5.11. The first-order chi connectivity index (χ1) is 10.4. The van der Waals surface area contributed by atoms with Crippen LogP contribution in [0.2, 0.25) is 0 Å². The van der Waals surface area contributed by atoms with Crippen LogP contribution in [0.4, 0.5) is 0 Å². The average molecular weight is 308 g/mol. The monoisotopic (exact) mass is 308 g/mol. The number of carbonyl (C=O) groups excluding carboxylic acids is 2. The minimum atomic E-state index is -0.350. The zero-order chi connectivity index (χ0) is 16.3. The van der Waals surface area contributed by atoms with E-state index in [1.165, 1.54) is 0 Å². The Bertz CT molecular complexity index is 535. The number of aryl methyl sites for hydroxylation is 2. The lowest BCUT2D eigenvalue weighted by molar-refractivity contribution is -0.132. The number of likely N-dealkylation sites (N-methyl/N-ethyl adjacent to an activating group) is 1. The summed E-state index contributed by atoms with van der Waals surface area (Å²) in [5, 5.41) is 3.90. The van der Waals surface area contributed by atoms with Crippen molar-refractivity contribution in [3.05, 3.63) is 17.0 Å². The molecule has 2 rings (SSSR count). The molecule has 1 fully saturated rings. The molecule has 2 N–H and O–H groups in total. The van der Waals surface area contributed by atoms with Gasteiger partial charge in [-0.1, -0.05) is 5.16 Å². The molecule has 1 aromatic rings. The lowest BCUT2D eigenvalue weighted by atomic mass is 10.1. The van der Waals surface area contributed by atoms with Gasteiger partial charge in [-0.3, -0.25) is 9.59 Å². The van der Waals surface area contributed by atoms with E-state index in [2.05, 4.69) is 5.16 Å². The van der Waals surface area contributed by atoms with E-state index in [9.17, 15) is 9.59 Å². The van der Waals surface area contributed by atoms with Gasteiger partial charge in [0.25, 0.3) is 0 Å². The summed E-state index contributed by atoms with van der Waals surface area (Å²) in [7, 11) is 1.94. The standard InChI is InChI=1S/C15H24N4O3/c1-10-13(11(2)22-17-10)4-5-14(20)19-7-6-18(3)8-12(9-19)15(16)21/h12H,4-9H2,1-3H3,(H2,16,21). The first-order valence-corrected chi connectivity index (χ1v) is 7.56. The van der Waals surface area contributed by atoms with Gasteiger partial charge >= 0.3 is 0 Å². The van der Waals surface area contributed by atoms with Crippen LogP contribution in [-0.2, 0) is 16.0 Å². The van der Waals surface area contributed by atoms with E-state index in [4.69, 9.17) is 10.3 Å². The third kappa shape index (κ3) is 3.85. The predicted molar refractivity (Wildman–Crippen MR) is 81.1 cm³/mol. The maximum Gasteiger partial charge on any atom is 0.223 e. The second-order valence-corrected chi connectivity index (χ2v) is 6.00. The van der Waals surface area contributed by atoms with Gasteiger partial charge in [0.15, 0.2) is 0 Å². The topological polar surface area (TPSA) is 92.7 Å². The molecular weight excluding hydrogens is 284 g/mol. The third-order valence-corrected chi connectivity index (χ3v) is 4.25. The Kier molecular flexibility index (Phi) is 5.18. The second kappa shape index (κ2) is 6.91. The van der Waals surface area contributed by atoms with Crippen molar-refractivity contribution < 1.29 is 14.1 Å². The zero-order valence-corrected chi connectivity index (χ0v) is 13.5. The van der Waals surface area contributed by atoms with E-state index < -0.39 is 0 Å². The molecule has 0 saturated carbocycles. The first kappa shape index (κ1) is 16.5. The molecule has 0 aliphatic carbocycles. The molecule has 2 amide bonds. The van der Waals surface area contributed by atoms with E-state index in [1.807, 2.05) is 25.8 Å². The number of aromatic nitrogens is 1. The molecule has 0 spiro atoms. The van der Waals surface area contributed by atoms with Crippen LogP contribution in [-0.4, -0.2) is 60.0 Å². The van der Waals surface area contributed by atoms with Crippen LogP contribution in [0.5, 0.6) is 0 Å². The highest BCUT2D eigenvalue weighted by Crippen LogP contribution is 2.16. The fraction of sp³-hybridized carbons (Fsp3) is 0.667. The minimum Gasteiger partial charge on any atom is -0.369 e. The average Bonchev–Trinajstić information content (AvgIpc) is 2.66. The van der Waals surface area contributed by atoms with Crippen LogP contribution in [0.1, 0.15) is 23.4 Å². The van der Waals surface area contributed by atoms with E-state index >= 15 is 0 Å². The van der Waals surface area contributed by atoms with Crippen molar-refractivity contribution in [2.45, 2.75) is 26.7 Å². The Morgan fingerprint density at radius 3 is 2.64 bits per heavy atom. The number of hydrogen-bond acceptors (Lipinski definition) is 5. The summed E-state index contributed by atoms with van der Waals surface area (Å²) in [5.41, 5.74) is 7.25. The Morgan fingerprint density at radius 2 is 2.05 bits per heavy atom. The largest absolute Gasteiger partial charge is 0.369 e. The van der Waals surface area contributed by atoms with Gasteiger partial charge < -0.3 is 20.1 Å². The molecule has 1 unspecified atom stereocenters. The van der Waals surface area contributed by atoms with Gasteiger partial charge in [-0.25, -0.2) is 0 Å². The summed E-state index contributed by atoms with van der Waals surface area (Å²) in [4.78, 5) is 27.7. The molecule has 1 aliphatic heterocycles. The smallest absolute Gasteiger partial charge is 0.223 e. The number of amides is 2. The highest BCUT2D eigenvalue weighted by molar-refractivity contribution is 5.80. The highest BCUT2D eigenvalue weighted by atomic mass is 16.5. The number of rotatable bonds is 4. The van der Waals surface area contributed by atoms with Gasteiger partial charge in [-0.2, -0.15) is 0 Å². The fourth-order valence-electron chi connectivity index (χ4n) is 2.83. The highest BCUT2D eigenvalue weighted by Gasteiger charge is 2.27. The minimum absolute atomic E-state index is 0.0431. The number of carbonyl (C=O) groups is 2. The van der Waals surface area contributed by atoms with Crippen molar-refractivity contribution in [3.63, 3.8) is 0 Å².